The van der Waals surface area contributed by atoms with Crippen LogP contribution >= 0.6 is 23.1 Å². The number of piperidine rings is 1. The molecule has 6 heteroatoms. The number of halogens is 1. The molecule has 1 saturated heterocycles. The molecular weight excluding hydrogens is 316 g/mol. The van der Waals surface area contributed by atoms with Crippen molar-refractivity contribution in [3.05, 3.63) is 40.5 Å². The van der Waals surface area contributed by atoms with Gasteiger partial charge in [0.2, 0.25) is 0 Å². The molecule has 1 aromatic heterocycles. The topological polar surface area (TPSA) is 52.0 Å². The van der Waals surface area contributed by atoms with Crippen molar-refractivity contribution in [3.63, 3.8) is 0 Å². The number of rotatable bonds is 4. The molecule has 0 spiro atoms. The predicted octanol–water partition coefficient (Wildman–Crippen LogP) is 4.27. The monoisotopic (exact) mass is 332 g/mol. The van der Waals surface area contributed by atoms with Crippen LogP contribution in [0.15, 0.2) is 24.3 Å². The Bertz CT molecular complexity index is 686. The maximum absolute atomic E-state index is 9.13. The Morgan fingerprint density at radius 3 is 2.82 bits per heavy atom. The molecule has 1 aliphatic heterocycles. The van der Waals surface area contributed by atoms with Gasteiger partial charge in [0.25, 0.3) is 0 Å². The minimum Gasteiger partial charge on any atom is -0.371 e. The van der Waals surface area contributed by atoms with Gasteiger partial charge in [-0.2, -0.15) is 9.64 Å². The Kier molecular flexibility index (Phi) is 4.81. The van der Waals surface area contributed by atoms with E-state index in [9.17, 15) is 0 Å². The number of anilines is 2. The number of para-hydroxylation sites is 1. The summed E-state index contributed by atoms with van der Waals surface area (Å²) in [5.41, 5.74) is 2.95. The van der Waals surface area contributed by atoms with Crippen LogP contribution in [0.5, 0.6) is 0 Å². The molecule has 3 rings (SSSR count). The first-order chi connectivity index (χ1) is 10.8. The van der Waals surface area contributed by atoms with E-state index in [4.69, 9.17) is 16.9 Å². The van der Waals surface area contributed by atoms with Crippen molar-refractivity contribution in [1.82, 2.24) is 4.37 Å². The minimum absolute atomic E-state index is 0.277. The predicted molar refractivity (Wildman–Crippen MR) is 91.7 cm³/mol. The lowest BCUT2D eigenvalue weighted by Crippen LogP contribution is -2.30. The lowest BCUT2D eigenvalue weighted by atomic mass is 10.1. The molecule has 0 aliphatic carbocycles. The van der Waals surface area contributed by atoms with E-state index >= 15 is 0 Å². The second-order valence-corrected chi connectivity index (χ2v) is 6.45. The molecule has 2 heterocycles. The van der Waals surface area contributed by atoms with Crippen LogP contribution in [0.3, 0.4) is 0 Å². The van der Waals surface area contributed by atoms with Crippen molar-refractivity contribution in [2.45, 2.75) is 25.8 Å². The molecule has 0 unspecified atom stereocenters. The fourth-order valence-electron chi connectivity index (χ4n) is 2.77. The van der Waals surface area contributed by atoms with E-state index in [0.717, 1.165) is 18.1 Å². The molecular formula is C16H17ClN4S. The average molecular weight is 333 g/mol. The van der Waals surface area contributed by atoms with Crippen LogP contribution < -0.4 is 10.2 Å². The van der Waals surface area contributed by atoms with Crippen molar-refractivity contribution in [1.29, 1.82) is 5.26 Å². The summed E-state index contributed by atoms with van der Waals surface area (Å²) in [4.78, 5) is 2.45. The van der Waals surface area contributed by atoms with E-state index in [2.05, 4.69) is 44.9 Å². The highest BCUT2D eigenvalue weighted by Gasteiger charge is 2.15. The van der Waals surface area contributed by atoms with E-state index < -0.39 is 0 Å². The van der Waals surface area contributed by atoms with Crippen molar-refractivity contribution in [2.75, 3.05) is 23.3 Å². The Hall–Kier alpha value is -1.77. The molecule has 1 fully saturated rings. The molecule has 0 radical (unpaired) electrons. The lowest BCUT2D eigenvalue weighted by Gasteiger charge is -2.30. The molecule has 4 nitrogen and oxygen atoms in total. The summed E-state index contributed by atoms with van der Waals surface area (Å²) >= 11 is 7.14. The van der Waals surface area contributed by atoms with E-state index in [1.165, 1.54) is 42.0 Å². The standard InChI is InChI=1S/C16H17ClN4S/c17-15-13(10-18)16(22-20-15)19-11-12-6-2-3-7-14(12)21-8-4-1-5-9-21/h2-3,6-7,19H,1,4-5,8-9,11H2. The number of hydrogen-bond donors (Lipinski definition) is 1. The molecule has 114 valence electrons. The van der Waals surface area contributed by atoms with Crippen LogP contribution in [0.4, 0.5) is 10.7 Å². The average Bonchev–Trinajstić information content (AvgIpc) is 2.94. The molecule has 1 aliphatic rings. The molecule has 1 N–H and O–H groups in total. The van der Waals surface area contributed by atoms with Gasteiger partial charge in [0.1, 0.15) is 16.6 Å². The van der Waals surface area contributed by atoms with E-state index in [1.807, 2.05) is 0 Å². The SMILES string of the molecule is N#Cc1c(Cl)nsc1NCc1ccccc1N1CCCCC1. The molecule has 1 aromatic carbocycles. The first kappa shape index (κ1) is 15.1. The van der Waals surface area contributed by atoms with Gasteiger partial charge in [0, 0.05) is 25.3 Å². The summed E-state index contributed by atoms with van der Waals surface area (Å²) in [5.74, 6) is 0. The maximum Gasteiger partial charge on any atom is 0.162 e. The molecule has 0 atom stereocenters. The largest absolute Gasteiger partial charge is 0.371 e. The van der Waals surface area contributed by atoms with Crippen molar-refractivity contribution in [3.8, 4) is 6.07 Å². The fraction of sp³-hybridized carbons (Fsp3) is 0.375. The van der Waals surface area contributed by atoms with E-state index in [-0.39, 0.29) is 5.15 Å². The summed E-state index contributed by atoms with van der Waals surface area (Å²) in [6.45, 7) is 2.90. The molecule has 2 aromatic rings. The quantitative estimate of drug-likeness (QED) is 0.908. The highest BCUT2D eigenvalue weighted by atomic mass is 35.5. The molecule has 0 bridgehead atoms. The lowest BCUT2D eigenvalue weighted by molar-refractivity contribution is 0.576. The van der Waals surface area contributed by atoms with Gasteiger partial charge in [0.05, 0.1) is 0 Å². The number of nitriles is 1. The first-order valence-corrected chi connectivity index (χ1v) is 8.56. The summed E-state index contributed by atoms with van der Waals surface area (Å²) in [5, 5.41) is 13.4. The van der Waals surface area contributed by atoms with Crippen LogP contribution in [0.25, 0.3) is 0 Å². The smallest absolute Gasteiger partial charge is 0.162 e. The Labute approximate surface area is 139 Å². The zero-order chi connectivity index (χ0) is 15.4. The van der Waals surface area contributed by atoms with Gasteiger partial charge in [0.15, 0.2) is 5.15 Å². The third-order valence-electron chi connectivity index (χ3n) is 3.89. The second kappa shape index (κ2) is 6.99. The number of hydrogen-bond acceptors (Lipinski definition) is 5. The minimum atomic E-state index is 0.277. The van der Waals surface area contributed by atoms with Gasteiger partial charge in [-0.05, 0) is 42.4 Å². The van der Waals surface area contributed by atoms with Gasteiger partial charge in [-0.25, -0.2) is 0 Å². The number of nitrogens with one attached hydrogen (secondary N) is 1. The Morgan fingerprint density at radius 1 is 1.27 bits per heavy atom. The number of benzene rings is 1. The fourth-order valence-corrected chi connectivity index (χ4v) is 3.70. The van der Waals surface area contributed by atoms with Crippen LogP contribution in [-0.2, 0) is 6.54 Å². The molecule has 0 amide bonds. The van der Waals surface area contributed by atoms with Crippen LogP contribution in [-0.4, -0.2) is 17.5 Å². The van der Waals surface area contributed by atoms with Crippen LogP contribution in [0.1, 0.15) is 30.4 Å². The number of nitrogens with zero attached hydrogens (tertiary/aromatic N) is 3. The zero-order valence-electron chi connectivity index (χ0n) is 12.2. The molecule has 22 heavy (non-hydrogen) atoms. The van der Waals surface area contributed by atoms with E-state index in [1.54, 1.807) is 0 Å². The summed E-state index contributed by atoms with van der Waals surface area (Å²) in [7, 11) is 0. The summed E-state index contributed by atoms with van der Waals surface area (Å²) in [6, 6.07) is 10.5. The highest BCUT2D eigenvalue weighted by Crippen LogP contribution is 2.29. The van der Waals surface area contributed by atoms with Gasteiger partial charge < -0.3 is 10.2 Å². The van der Waals surface area contributed by atoms with E-state index in [0.29, 0.717) is 12.1 Å². The Morgan fingerprint density at radius 2 is 2.05 bits per heavy atom. The maximum atomic E-state index is 9.13. The van der Waals surface area contributed by atoms with Crippen molar-refractivity contribution in [2.24, 2.45) is 0 Å². The normalized spacial score (nSPS) is 14.6. The van der Waals surface area contributed by atoms with Gasteiger partial charge in [-0.15, -0.1) is 0 Å². The number of aromatic nitrogens is 1. The molecule has 0 saturated carbocycles. The second-order valence-electron chi connectivity index (χ2n) is 5.32. The zero-order valence-corrected chi connectivity index (χ0v) is 13.8. The Balaban J connectivity index is 1.76. The third-order valence-corrected chi connectivity index (χ3v) is 5.07. The van der Waals surface area contributed by atoms with Crippen LogP contribution in [0, 0.1) is 11.3 Å². The summed E-state index contributed by atoms with van der Waals surface area (Å²) < 4.78 is 4.02. The van der Waals surface area contributed by atoms with Gasteiger partial charge >= 0.3 is 0 Å². The van der Waals surface area contributed by atoms with Crippen LogP contribution in [0.2, 0.25) is 5.15 Å². The van der Waals surface area contributed by atoms with Gasteiger partial charge in [-0.3, -0.25) is 0 Å². The van der Waals surface area contributed by atoms with Gasteiger partial charge in [-0.1, -0.05) is 29.8 Å². The van der Waals surface area contributed by atoms with Crippen molar-refractivity contribution >= 4 is 33.8 Å². The first-order valence-electron chi connectivity index (χ1n) is 7.41. The highest BCUT2D eigenvalue weighted by molar-refractivity contribution is 7.10. The van der Waals surface area contributed by atoms with Crippen molar-refractivity contribution < 1.29 is 0 Å². The third kappa shape index (κ3) is 3.18. The summed E-state index contributed by atoms with van der Waals surface area (Å²) in [6.07, 6.45) is 3.83.